The van der Waals surface area contributed by atoms with Gasteiger partial charge in [-0.1, -0.05) is 6.07 Å². The third-order valence-electron chi connectivity index (χ3n) is 1.52. The molecular weight excluding hydrogens is 174 g/mol. The molecular formula is C8H7NO4. The molecule has 0 amide bonds. The first kappa shape index (κ1) is 9.18. The Balaban J connectivity index is 3.27. The smallest absolute Gasteiger partial charge is 0.354 e. The number of carboxylic acid groups (broad SMARTS) is 2. The molecule has 13 heavy (non-hydrogen) atoms. The number of pyridine rings is 1. The van der Waals surface area contributed by atoms with Crippen molar-refractivity contribution in [1.29, 1.82) is 0 Å². The van der Waals surface area contributed by atoms with Gasteiger partial charge in [-0.25, -0.2) is 14.6 Å². The molecule has 0 spiro atoms. The molecule has 0 saturated carbocycles. The number of aromatic carboxylic acids is 2. The third-order valence-corrected chi connectivity index (χ3v) is 1.52. The minimum Gasteiger partial charge on any atom is -0.477 e. The standard InChI is InChI=1S/C8H7NO4/c1-4-2-3-5(7(10)11)9-6(4)8(12)13/h2-3H,1H3,(H,10,11)(H,12,13). The van der Waals surface area contributed by atoms with Crippen LogP contribution in [0.3, 0.4) is 0 Å². The number of nitrogens with zero attached hydrogens (tertiary/aromatic N) is 1. The maximum absolute atomic E-state index is 10.5. The van der Waals surface area contributed by atoms with E-state index >= 15 is 0 Å². The molecule has 2 N–H and O–H groups in total. The van der Waals surface area contributed by atoms with E-state index in [9.17, 15) is 9.59 Å². The summed E-state index contributed by atoms with van der Waals surface area (Å²) in [7, 11) is 0. The molecule has 0 bridgehead atoms. The molecule has 68 valence electrons. The van der Waals surface area contributed by atoms with Gasteiger partial charge in [0.25, 0.3) is 0 Å². The Bertz CT molecular complexity index is 372. The van der Waals surface area contributed by atoms with Crippen molar-refractivity contribution in [2.45, 2.75) is 6.92 Å². The predicted molar refractivity (Wildman–Crippen MR) is 42.9 cm³/mol. The van der Waals surface area contributed by atoms with Gasteiger partial charge in [0.1, 0.15) is 5.69 Å². The Morgan fingerprint density at radius 2 is 1.85 bits per heavy atom. The Kier molecular flexibility index (Phi) is 2.27. The van der Waals surface area contributed by atoms with Crippen LogP contribution in [0.1, 0.15) is 26.5 Å². The van der Waals surface area contributed by atoms with E-state index < -0.39 is 11.9 Å². The number of rotatable bonds is 2. The normalized spacial score (nSPS) is 9.62. The van der Waals surface area contributed by atoms with Crippen molar-refractivity contribution in [2.75, 3.05) is 0 Å². The summed E-state index contributed by atoms with van der Waals surface area (Å²) in [6.45, 7) is 1.56. The van der Waals surface area contributed by atoms with Gasteiger partial charge in [-0.15, -0.1) is 0 Å². The second kappa shape index (κ2) is 3.22. The summed E-state index contributed by atoms with van der Waals surface area (Å²) in [6.07, 6.45) is 0. The molecule has 0 aromatic carbocycles. The van der Waals surface area contributed by atoms with Gasteiger partial charge in [-0.05, 0) is 18.6 Å². The molecule has 0 radical (unpaired) electrons. The van der Waals surface area contributed by atoms with E-state index in [-0.39, 0.29) is 11.4 Å². The van der Waals surface area contributed by atoms with Crippen LogP contribution in [0.25, 0.3) is 0 Å². The Morgan fingerprint density at radius 3 is 2.31 bits per heavy atom. The van der Waals surface area contributed by atoms with Crippen molar-refractivity contribution in [1.82, 2.24) is 4.98 Å². The maximum atomic E-state index is 10.5. The molecule has 1 aromatic rings. The third kappa shape index (κ3) is 1.81. The van der Waals surface area contributed by atoms with Crippen molar-refractivity contribution in [3.8, 4) is 0 Å². The minimum absolute atomic E-state index is 0.222. The molecule has 0 unspecified atom stereocenters. The monoisotopic (exact) mass is 181 g/mol. The van der Waals surface area contributed by atoms with Gasteiger partial charge in [0, 0.05) is 0 Å². The highest BCUT2D eigenvalue weighted by Gasteiger charge is 2.12. The Hall–Kier alpha value is -1.91. The van der Waals surface area contributed by atoms with Gasteiger partial charge in [-0.2, -0.15) is 0 Å². The lowest BCUT2D eigenvalue weighted by Gasteiger charge is -1.99. The summed E-state index contributed by atoms with van der Waals surface area (Å²) >= 11 is 0. The van der Waals surface area contributed by atoms with Crippen LogP contribution in [0.4, 0.5) is 0 Å². The van der Waals surface area contributed by atoms with Crippen molar-refractivity contribution < 1.29 is 19.8 Å². The zero-order chi connectivity index (χ0) is 10.0. The largest absolute Gasteiger partial charge is 0.477 e. The molecule has 0 aliphatic rings. The quantitative estimate of drug-likeness (QED) is 0.704. The summed E-state index contributed by atoms with van der Waals surface area (Å²) in [5.41, 5.74) is -0.0413. The van der Waals surface area contributed by atoms with Crippen LogP contribution >= 0.6 is 0 Å². The second-order valence-corrected chi connectivity index (χ2v) is 2.47. The molecule has 5 heteroatoms. The molecule has 1 heterocycles. The van der Waals surface area contributed by atoms with Crippen LogP contribution in [-0.4, -0.2) is 27.1 Å². The topological polar surface area (TPSA) is 87.5 Å². The lowest BCUT2D eigenvalue weighted by Crippen LogP contribution is -2.08. The van der Waals surface area contributed by atoms with Gasteiger partial charge in [-0.3, -0.25) is 0 Å². The fourth-order valence-electron chi connectivity index (χ4n) is 0.864. The van der Waals surface area contributed by atoms with Gasteiger partial charge in [0.15, 0.2) is 5.69 Å². The first-order chi connectivity index (χ1) is 6.02. The number of aromatic nitrogens is 1. The zero-order valence-corrected chi connectivity index (χ0v) is 6.81. The summed E-state index contributed by atoms with van der Waals surface area (Å²) < 4.78 is 0. The van der Waals surface area contributed by atoms with E-state index in [0.717, 1.165) is 0 Å². The number of carboxylic acids is 2. The van der Waals surface area contributed by atoms with Crippen molar-refractivity contribution >= 4 is 11.9 Å². The van der Waals surface area contributed by atoms with E-state index in [1.807, 2.05) is 0 Å². The van der Waals surface area contributed by atoms with E-state index in [1.54, 1.807) is 6.92 Å². The number of carbonyl (C=O) groups is 2. The summed E-state index contributed by atoms with van der Waals surface area (Å²) in [5.74, 6) is -2.46. The number of hydrogen-bond donors (Lipinski definition) is 2. The average Bonchev–Trinajstić information content (AvgIpc) is 2.04. The SMILES string of the molecule is Cc1ccc(C(=O)O)nc1C(=O)O. The highest BCUT2D eigenvalue weighted by molar-refractivity contribution is 5.90. The first-order valence-corrected chi connectivity index (χ1v) is 3.46. The van der Waals surface area contributed by atoms with Crippen LogP contribution in [0.2, 0.25) is 0 Å². The van der Waals surface area contributed by atoms with Crippen LogP contribution < -0.4 is 0 Å². The summed E-state index contributed by atoms with van der Waals surface area (Å²) in [5, 5.41) is 17.1. The minimum atomic E-state index is -1.23. The lowest BCUT2D eigenvalue weighted by molar-refractivity contribution is 0.0684. The molecule has 0 fully saturated rings. The highest BCUT2D eigenvalue weighted by Crippen LogP contribution is 2.06. The van der Waals surface area contributed by atoms with Crippen molar-refractivity contribution in [3.05, 3.63) is 29.1 Å². The number of hydrogen-bond acceptors (Lipinski definition) is 3. The molecule has 0 aliphatic carbocycles. The van der Waals surface area contributed by atoms with Gasteiger partial charge in [0.05, 0.1) is 0 Å². The van der Waals surface area contributed by atoms with Gasteiger partial charge in [0.2, 0.25) is 0 Å². The van der Waals surface area contributed by atoms with Crippen LogP contribution in [0, 0.1) is 6.92 Å². The molecule has 0 saturated heterocycles. The van der Waals surface area contributed by atoms with Crippen LogP contribution in [-0.2, 0) is 0 Å². The summed E-state index contributed by atoms with van der Waals surface area (Å²) in [4.78, 5) is 24.4. The summed E-state index contributed by atoms with van der Waals surface area (Å²) in [6, 6.07) is 2.68. The van der Waals surface area contributed by atoms with Gasteiger partial charge >= 0.3 is 11.9 Å². The Morgan fingerprint density at radius 1 is 1.23 bits per heavy atom. The molecule has 1 aromatic heterocycles. The van der Waals surface area contributed by atoms with Crippen LogP contribution in [0.15, 0.2) is 12.1 Å². The molecule has 0 aliphatic heterocycles. The van der Waals surface area contributed by atoms with Crippen LogP contribution in [0.5, 0.6) is 0 Å². The molecule has 5 nitrogen and oxygen atoms in total. The maximum Gasteiger partial charge on any atom is 0.354 e. The first-order valence-electron chi connectivity index (χ1n) is 3.46. The zero-order valence-electron chi connectivity index (χ0n) is 6.81. The average molecular weight is 181 g/mol. The van der Waals surface area contributed by atoms with E-state index in [2.05, 4.69) is 4.98 Å². The highest BCUT2D eigenvalue weighted by atomic mass is 16.4. The lowest BCUT2D eigenvalue weighted by atomic mass is 10.2. The molecule has 1 rings (SSSR count). The van der Waals surface area contributed by atoms with Gasteiger partial charge < -0.3 is 10.2 Å². The van der Waals surface area contributed by atoms with E-state index in [0.29, 0.717) is 5.56 Å². The predicted octanol–water partition coefficient (Wildman–Crippen LogP) is 0.786. The Labute approximate surface area is 73.7 Å². The van der Waals surface area contributed by atoms with Crippen molar-refractivity contribution in [3.63, 3.8) is 0 Å². The van der Waals surface area contributed by atoms with E-state index in [1.165, 1.54) is 12.1 Å². The molecule has 0 atom stereocenters. The fraction of sp³-hybridized carbons (Fsp3) is 0.125. The van der Waals surface area contributed by atoms with E-state index in [4.69, 9.17) is 10.2 Å². The fourth-order valence-corrected chi connectivity index (χ4v) is 0.864. The van der Waals surface area contributed by atoms with Crippen molar-refractivity contribution in [2.24, 2.45) is 0 Å². The number of aryl methyl sites for hydroxylation is 1. The second-order valence-electron chi connectivity index (χ2n) is 2.47.